The molecule has 0 aromatic heterocycles. The Morgan fingerprint density at radius 3 is 2.32 bits per heavy atom. The number of aryl methyl sites for hydroxylation is 2. The quantitative estimate of drug-likeness (QED) is 0.803. The zero-order valence-corrected chi connectivity index (χ0v) is 16.1. The molecule has 28 heavy (non-hydrogen) atoms. The first kappa shape index (κ1) is 19.6. The third-order valence-corrected chi connectivity index (χ3v) is 5.13. The van der Waals surface area contributed by atoms with E-state index in [1.165, 1.54) is 4.90 Å². The number of aliphatic carboxylic acids is 1. The van der Waals surface area contributed by atoms with Gasteiger partial charge >= 0.3 is 5.97 Å². The van der Waals surface area contributed by atoms with Crippen LogP contribution in [0.2, 0.25) is 0 Å². The predicted octanol–water partition coefficient (Wildman–Crippen LogP) is 3.50. The molecule has 0 aliphatic carbocycles. The molecule has 1 atom stereocenters. The first-order valence-electron chi connectivity index (χ1n) is 9.49. The molecular formula is C22H24N2O4. The SMILES string of the molecule is CCc1cccc(CC)c1NC(=O)c1cccc(N2C[C@@H](C(=O)O)CC2=O)c1. The standard InChI is InChI=1S/C22H24N2O4/c1-3-14-7-5-8-15(4-2)20(14)23-21(26)16-9-6-10-18(11-16)24-13-17(22(27)28)12-19(24)25/h5-11,17H,3-4,12-13H2,1-2H3,(H,23,26)(H,27,28)/t17-/m0/s1. The van der Waals surface area contributed by atoms with Crippen LogP contribution < -0.4 is 10.2 Å². The van der Waals surface area contributed by atoms with Crippen LogP contribution in [-0.4, -0.2) is 29.4 Å². The number of amides is 2. The van der Waals surface area contributed by atoms with Gasteiger partial charge in [-0.3, -0.25) is 14.4 Å². The number of benzene rings is 2. The number of carboxylic acids is 1. The van der Waals surface area contributed by atoms with Crippen molar-refractivity contribution in [2.45, 2.75) is 33.1 Å². The highest BCUT2D eigenvalue weighted by atomic mass is 16.4. The first-order valence-corrected chi connectivity index (χ1v) is 9.49. The Morgan fingerprint density at radius 2 is 1.75 bits per heavy atom. The van der Waals surface area contributed by atoms with E-state index in [1.54, 1.807) is 24.3 Å². The monoisotopic (exact) mass is 380 g/mol. The van der Waals surface area contributed by atoms with Gasteiger partial charge in [-0.1, -0.05) is 38.1 Å². The van der Waals surface area contributed by atoms with E-state index in [2.05, 4.69) is 5.32 Å². The lowest BCUT2D eigenvalue weighted by Gasteiger charge is -2.18. The van der Waals surface area contributed by atoms with E-state index < -0.39 is 11.9 Å². The number of carboxylic acid groups (broad SMARTS) is 1. The second kappa shape index (κ2) is 8.25. The van der Waals surface area contributed by atoms with E-state index in [1.807, 2.05) is 32.0 Å². The molecule has 0 spiro atoms. The van der Waals surface area contributed by atoms with Crippen molar-refractivity contribution < 1.29 is 19.5 Å². The zero-order valence-electron chi connectivity index (χ0n) is 16.1. The average molecular weight is 380 g/mol. The van der Waals surface area contributed by atoms with Gasteiger partial charge in [-0.25, -0.2) is 0 Å². The van der Waals surface area contributed by atoms with Crippen molar-refractivity contribution >= 4 is 29.2 Å². The van der Waals surface area contributed by atoms with Crippen LogP contribution in [0.3, 0.4) is 0 Å². The van der Waals surface area contributed by atoms with Crippen molar-refractivity contribution in [1.29, 1.82) is 0 Å². The van der Waals surface area contributed by atoms with E-state index in [0.717, 1.165) is 29.7 Å². The average Bonchev–Trinajstić information content (AvgIpc) is 3.10. The molecule has 1 aliphatic rings. The number of para-hydroxylation sites is 1. The van der Waals surface area contributed by atoms with E-state index in [9.17, 15) is 14.4 Å². The van der Waals surface area contributed by atoms with Crippen molar-refractivity contribution in [2.24, 2.45) is 5.92 Å². The highest BCUT2D eigenvalue weighted by Gasteiger charge is 2.35. The first-order chi connectivity index (χ1) is 13.4. The van der Waals surface area contributed by atoms with Crippen LogP contribution in [0.15, 0.2) is 42.5 Å². The van der Waals surface area contributed by atoms with Crippen molar-refractivity contribution in [3.63, 3.8) is 0 Å². The van der Waals surface area contributed by atoms with Crippen LogP contribution in [0.4, 0.5) is 11.4 Å². The smallest absolute Gasteiger partial charge is 0.308 e. The van der Waals surface area contributed by atoms with Gasteiger partial charge in [0, 0.05) is 29.9 Å². The van der Waals surface area contributed by atoms with Crippen LogP contribution in [0.25, 0.3) is 0 Å². The number of hydrogen-bond acceptors (Lipinski definition) is 3. The molecule has 0 bridgehead atoms. The Labute approximate surface area is 164 Å². The summed E-state index contributed by atoms with van der Waals surface area (Å²) in [6.07, 6.45) is 1.60. The van der Waals surface area contributed by atoms with Crippen LogP contribution in [0, 0.1) is 5.92 Å². The van der Waals surface area contributed by atoms with Crippen molar-refractivity contribution in [2.75, 3.05) is 16.8 Å². The maximum Gasteiger partial charge on any atom is 0.308 e. The summed E-state index contributed by atoms with van der Waals surface area (Å²) in [6, 6.07) is 12.7. The van der Waals surface area contributed by atoms with Crippen LogP contribution in [-0.2, 0) is 22.4 Å². The number of nitrogens with zero attached hydrogens (tertiary/aromatic N) is 1. The van der Waals surface area contributed by atoms with Gasteiger partial charge in [-0.2, -0.15) is 0 Å². The van der Waals surface area contributed by atoms with Gasteiger partial charge in [0.15, 0.2) is 0 Å². The van der Waals surface area contributed by atoms with Gasteiger partial charge in [-0.05, 0) is 42.2 Å². The summed E-state index contributed by atoms with van der Waals surface area (Å²) in [4.78, 5) is 37.7. The van der Waals surface area contributed by atoms with Crippen LogP contribution in [0.5, 0.6) is 0 Å². The fourth-order valence-electron chi connectivity index (χ4n) is 3.53. The molecule has 1 saturated heterocycles. The van der Waals surface area contributed by atoms with E-state index in [-0.39, 0.29) is 24.8 Å². The van der Waals surface area contributed by atoms with Gasteiger partial charge in [-0.15, -0.1) is 0 Å². The molecule has 1 aliphatic heterocycles. The third-order valence-electron chi connectivity index (χ3n) is 5.13. The number of anilines is 2. The minimum atomic E-state index is -0.979. The Hall–Kier alpha value is -3.15. The van der Waals surface area contributed by atoms with Gasteiger partial charge in [0.25, 0.3) is 5.91 Å². The lowest BCUT2D eigenvalue weighted by Crippen LogP contribution is -2.26. The molecule has 146 valence electrons. The Kier molecular flexibility index (Phi) is 5.78. The fourth-order valence-corrected chi connectivity index (χ4v) is 3.53. The summed E-state index contributed by atoms with van der Waals surface area (Å²) < 4.78 is 0. The van der Waals surface area contributed by atoms with Crippen LogP contribution in [0.1, 0.15) is 41.8 Å². The summed E-state index contributed by atoms with van der Waals surface area (Å²) in [5.41, 5.74) is 3.95. The maximum atomic E-state index is 12.9. The third kappa shape index (κ3) is 3.91. The molecule has 2 aromatic rings. The zero-order chi connectivity index (χ0) is 20.3. The van der Waals surface area contributed by atoms with Gasteiger partial charge in [0.2, 0.25) is 5.91 Å². The van der Waals surface area contributed by atoms with E-state index in [0.29, 0.717) is 11.3 Å². The largest absolute Gasteiger partial charge is 0.481 e. The van der Waals surface area contributed by atoms with Crippen LogP contribution >= 0.6 is 0 Å². The highest BCUT2D eigenvalue weighted by Crippen LogP contribution is 2.27. The molecule has 0 saturated carbocycles. The molecular weight excluding hydrogens is 356 g/mol. The summed E-state index contributed by atoms with van der Waals surface area (Å²) in [5, 5.41) is 12.2. The fraction of sp³-hybridized carbons (Fsp3) is 0.318. The topological polar surface area (TPSA) is 86.7 Å². The lowest BCUT2D eigenvalue weighted by molar-refractivity contribution is -0.141. The second-order valence-corrected chi connectivity index (χ2v) is 6.91. The second-order valence-electron chi connectivity index (χ2n) is 6.91. The van der Waals surface area contributed by atoms with Gasteiger partial charge in [0.1, 0.15) is 0 Å². The molecule has 0 radical (unpaired) electrons. The van der Waals surface area contributed by atoms with Crippen molar-refractivity contribution in [1.82, 2.24) is 0 Å². The molecule has 6 nitrogen and oxygen atoms in total. The summed E-state index contributed by atoms with van der Waals surface area (Å²) in [7, 11) is 0. The molecule has 0 unspecified atom stereocenters. The Bertz CT molecular complexity index is 900. The van der Waals surface area contributed by atoms with Crippen molar-refractivity contribution in [3.05, 3.63) is 59.2 Å². The van der Waals surface area contributed by atoms with Gasteiger partial charge in [0.05, 0.1) is 5.92 Å². The summed E-state index contributed by atoms with van der Waals surface area (Å²) in [5.74, 6) is -2.19. The molecule has 2 aromatic carbocycles. The predicted molar refractivity (Wildman–Crippen MR) is 108 cm³/mol. The lowest BCUT2D eigenvalue weighted by atomic mass is 10.0. The normalized spacial score (nSPS) is 16.3. The van der Waals surface area contributed by atoms with E-state index >= 15 is 0 Å². The number of hydrogen-bond donors (Lipinski definition) is 2. The minimum absolute atomic E-state index is 0.0184. The Balaban J connectivity index is 1.84. The summed E-state index contributed by atoms with van der Waals surface area (Å²) in [6.45, 7) is 4.21. The van der Waals surface area contributed by atoms with E-state index in [4.69, 9.17) is 5.11 Å². The molecule has 1 heterocycles. The minimum Gasteiger partial charge on any atom is -0.481 e. The molecule has 6 heteroatoms. The number of carbonyl (C=O) groups is 3. The molecule has 2 amide bonds. The summed E-state index contributed by atoms with van der Waals surface area (Å²) >= 11 is 0. The maximum absolute atomic E-state index is 12.9. The number of nitrogens with one attached hydrogen (secondary N) is 1. The van der Waals surface area contributed by atoms with Crippen molar-refractivity contribution in [3.8, 4) is 0 Å². The Morgan fingerprint density at radius 1 is 1.11 bits per heavy atom. The van der Waals surface area contributed by atoms with Gasteiger partial charge < -0.3 is 15.3 Å². The number of rotatable bonds is 6. The highest BCUT2D eigenvalue weighted by molar-refractivity contribution is 6.06. The molecule has 1 fully saturated rings. The number of carbonyl (C=O) groups excluding carboxylic acids is 2. The molecule has 2 N–H and O–H groups in total. The molecule has 3 rings (SSSR count).